The van der Waals surface area contributed by atoms with E-state index < -0.39 is 5.97 Å². The molecule has 2 aromatic heterocycles. The van der Waals surface area contributed by atoms with Crippen LogP contribution in [0.5, 0.6) is 0 Å². The first kappa shape index (κ1) is 16.5. The third-order valence-electron chi connectivity index (χ3n) is 4.53. The SMILES string of the molecule is Cc1c(C(=O)OCc2ccc3c(c2)CN(C)C3)nnn1-c1ccn(C)n1. The van der Waals surface area contributed by atoms with Gasteiger partial charge in [-0.2, -0.15) is 9.78 Å². The Labute approximate surface area is 151 Å². The van der Waals surface area contributed by atoms with Gasteiger partial charge in [-0.25, -0.2) is 4.79 Å². The Bertz CT molecular complexity index is 974. The van der Waals surface area contributed by atoms with Gasteiger partial charge >= 0.3 is 5.97 Å². The number of aryl methyl sites for hydroxylation is 1. The smallest absolute Gasteiger partial charge is 0.361 e. The molecule has 1 aliphatic rings. The number of carbonyl (C=O) groups is 1. The van der Waals surface area contributed by atoms with Crippen LogP contribution in [0.1, 0.15) is 32.9 Å². The summed E-state index contributed by atoms with van der Waals surface area (Å²) in [6.07, 6.45) is 1.81. The fourth-order valence-electron chi connectivity index (χ4n) is 3.18. The molecule has 0 N–H and O–H groups in total. The van der Waals surface area contributed by atoms with E-state index >= 15 is 0 Å². The fourth-order valence-corrected chi connectivity index (χ4v) is 3.18. The largest absolute Gasteiger partial charge is 0.456 e. The van der Waals surface area contributed by atoms with Crippen molar-refractivity contribution in [3.63, 3.8) is 0 Å². The maximum Gasteiger partial charge on any atom is 0.361 e. The van der Waals surface area contributed by atoms with E-state index in [1.165, 1.54) is 15.8 Å². The molecule has 1 aromatic carbocycles. The van der Waals surface area contributed by atoms with Crippen molar-refractivity contribution in [1.29, 1.82) is 0 Å². The number of nitrogens with zero attached hydrogens (tertiary/aromatic N) is 6. The van der Waals surface area contributed by atoms with Crippen molar-refractivity contribution in [3.05, 3.63) is 58.5 Å². The van der Waals surface area contributed by atoms with Crippen molar-refractivity contribution in [2.75, 3.05) is 7.05 Å². The standard InChI is InChI=1S/C18H20N6O2/c1-12-17(19-21-24(12)16-6-7-23(3)20-16)18(25)26-11-13-4-5-14-9-22(2)10-15(14)8-13/h4-8H,9-11H2,1-3H3. The Kier molecular flexibility index (Phi) is 4.04. The molecule has 0 fully saturated rings. The lowest BCUT2D eigenvalue weighted by molar-refractivity contribution is 0.0464. The number of esters is 1. The van der Waals surface area contributed by atoms with E-state index in [2.05, 4.69) is 39.5 Å². The van der Waals surface area contributed by atoms with Gasteiger partial charge in [-0.15, -0.1) is 5.10 Å². The lowest BCUT2D eigenvalue weighted by Crippen LogP contribution is -2.09. The molecule has 0 saturated carbocycles. The van der Waals surface area contributed by atoms with Gasteiger partial charge in [0.15, 0.2) is 11.5 Å². The van der Waals surface area contributed by atoms with E-state index in [9.17, 15) is 4.79 Å². The predicted octanol–water partition coefficient (Wildman–Crippen LogP) is 1.61. The zero-order valence-electron chi connectivity index (χ0n) is 15.0. The first-order chi connectivity index (χ1) is 12.5. The summed E-state index contributed by atoms with van der Waals surface area (Å²) in [5, 5.41) is 12.2. The third kappa shape index (κ3) is 2.99. The summed E-state index contributed by atoms with van der Waals surface area (Å²) >= 11 is 0. The van der Waals surface area contributed by atoms with Gasteiger partial charge in [0.05, 0.1) is 5.69 Å². The average Bonchev–Trinajstić information content (AvgIpc) is 3.29. The Morgan fingerprint density at radius 1 is 1.19 bits per heavy atom. The number of hydrogen-bond acceptors (Lipinski definition) is 6. The van der Waals surface area contributed by atoms with Crippen molar-refractivity contribution < 1.29 is 9.53 Å². The van der Waals surface area contributed by atoms with Crippen LogP contribution in [0.4, 0.5) is 0 Å². The minimum atomic E-state index is -0.484. The summed E-state index contributed by atoms with van der Waals surface area (Å²) in [5.74, 6) is 0.126. The summed E-state index contributed by atoms with van der Waals surface area (Å²) in [4.78, 5) is 14.7. The summed E-state index contributed by atoms with van der Waals surface area (Å²) in [5.41, 5.74) is 4.40. The highest BCUT2D eigenvalue weighted by Crippen LogP contribution is 2.23. The molecule has 4 rings (SSSR count). The number of ether oxygens (including phenoxy) is 1. The minimum Gasteiger partial charge on any atom is -0.456 e. The van der Waals surface area contributed by atoms with Crippen molar-refractivity contribution in [1.82, 2.24) is 29.7 Å². The van der Waals surface area contributed by atoms with Crippen molar-refractivity contribution in [3.8, 4) is 5.82 Å². The van der Waals surface area contributed by atoms with Gasteiger partial charge < -0.3 is 4.74 Å². The maximum absolute atomic E-state index is 12.4. The van der Waals surface area contributed by atoms with Crippen molar-refractivity contribution in [2.24, 2.45) is 7.05 Å². The summed E-state index contributed by atoms with van der Waals surface area (Å²) in [6.45, 7) is 3.88. The van der Waals surface area contributed by atoms with Crippen LogP contribution in [-0.2, 0) is 31.5 Å². The van der Waals surface area contributed by atoms with Crippen LogP contribution in [-0.4, -0.2) is 42.7 Å². The van der Waals surface area contributed by atoms with E-state index in [0.717, 1.165) is 18.7 Å². The molecule has 0 unspecified atom stereocenters. The zero-order valence-corrected chi connectivity index (χ0v) is 15.0. The van der Waals surface area contributed by atoms with Crippen LogP contribution in [0.2, 0.25) is 0 Å². The monoisotopic (exact) mass is 352 g/mol. The Morgan fingerprint density at radius 3 is 2.77 bits per heavy atom. The number of fused-ring (bicyclic) bond motifs is 1. The number of benzene rings is 1. The van der Waals surface area contributed by atoms with Crippen LogP contribution in [0.3, 0.4) is 0 Å². The van der Waals surface area contributed by atoms with Crippen LogP contribution in [0.25, 0.3) is 5.82 Å². The molecule has 0 amide bonds. The van der Waals surface area contributed by atoms with Crippen molar-refractivity contribution >= 4 is 5.97 Å². The summed E-state index contributed by atoms with van der Waals surface area (Å²) in [7, 11) is 3.91. The van der Waals surface area contributed by atoms with E-state index in [1.54, 1.807) is 23.9 Å². The lowest BCUT2D eigenvalue weighted by atomic mass is 10.1. The van der Waals surface area contributed by atoms with Gasteiger partial charge in [-0.1, -0.05) is 23.4 Å². The van der Waals surface area contributed by atoms with Gasteiger partial charge in [0, 0.05) is 32.4 Å². The molecule has 0 saturated heterocycles. The molecule has 0 aliphatic carbocycles. The van der Waals surface area contributed by atoms with Gasteiger partial charge in [0.25, 0.3) is 0 Å². The van der Waals surface area contributed by atoms with Gasteiger partial charge in [0.1, 0.15) is 6.61 Å². The Balaban J connectivity index is 1.46. The zero-order chi connectivity index (χ0) is 18.3. The number of carbonyl (C=O) groups excluding carboxylic acids is 1. The predicted molar refractivity (Wildman–Crippen MR) is 93.6 cm³/mol. The van der Waals surface area contributed by atoms with E-state index in [0.29, 0.717) is 11.5 Å². The third-order valence-corrected chi connectivity index (χ3v) is 4.53. The molecule has 1 aliphatic heterocycles. The van der Waals surface area contributed by atoms with E-state index in [4.69, 9.17) is 4.74 Å². The normalized spacial score (nSPS) is 13.8. The van der Waals surface area contributed by atoms with Crippen LogP contribution < -0.4 is 0 Å². The molecule has 3 heterocycles. The second-order valence-electron chi connectivity index (χ2n) is 6.63. The maximum atomic E-state index is 12.4. The highest BCUT2D eigenvalue weighted by atomic mass is 16.5. The molecular formula is C18H20N6O2. The highest BCUT2D eigenvalue weighted by Gasteiger charge is 2.20. The Morgan fingerprint density at radius 2 is 2.00 bits per heavy atom. The molecule has 8 heteroatoms. The molecule has 0 spiro atoms. The number of rotatable bonds is 4. The first-order valence-corrected chi connectivity index (χ1v) is 8.40. The highest BCUT2D eigenvalue weighted by molar-refractivity contribution is 5.88. The van der Waals surface area contributed by atoms with Crippen LogP contribution in [0, 0.1) is 6.92 Å². The second-order valence-corrected chi connectivity index (χ2v) is 6.63. The second kappa shape index (κ2) is 6.38. The lowest BCUT2D eigenvalue weighted by Gasteiger charge is -2.06. The molecular weight excluding hydrogens is 332 g/mol. The van der Waals surface area contributed by atoms with E-state index in [-0.39, 0.29) is 12.3 Å². The molecule has 8 nitrogen and oxygen atoms in total. The van der Waals surface area contributed by atoms with Gasteiger partial charge in [-0.3, -0.25) is 9.58 Å². The Hall–Kier alpha value is -3.00. The number of hydrogen-bond donors (Lipinski definition) is 0. The minimum absolute atomic E-state index is 0.205. The van der Waals surface area contributed by atoms with Crippen LogP contribution >= 0.6 is 0 Å². The molecule has 26 heavy (non-hydrogen) atoms. The summed E-state index contributed by atoms with van der Waals surface area (Å²) in [6, 6.07) is 8.01. The average molecular weight is 352 g/mol. The van der Waals surface area contributed by atoms with Gasteiger partial charge in [-0.05, 0) is 30.7 Å². The summed E-state index contributed by atoms with van der Waals surface area (Å²) < 4.78 is 8.64. The first-order valence-electron chi connectivity index (χ1n) is 8.40. The quantitative estimate of drug-likeness (QED) is 0.664. The molecule has 3 aromatic rings. The number of aromatic nitrogens is 5. The van der Waals surface area contributed by atoms with Crippen molar-refractivity contribution in [2.45, 2.75) is 26.6 Å². The van der Waals surface area contributed by atoms with Crippen LogP contribution in [0.15, 0.2) is 30.5 Å². The topological polar surface area (TPSA) is 78.1 Å². The molecule has 134 valence electrons. The molecule has 0 radical (unpaired) electrons. The molecule has 0 atom stereocenters. The fraction of sp³-hybridized carbons (Fsp3) is 0.333. The van der Waals surface area contributed by atoms with Gasteiger partial charge in [0.2, 0.25) is 0 Å². The van der Waals surface area contributed by atoms with E-state index in [1.807, 2.05) is 13.1 Å². The molecule has 0 bridgehead atoms.